The molecule has 0 aliphatic heterocycles. The van der Waals surface area contributed by atoms with E-state index in [2.05, 4.69) is 36.7 Å². The molecule has 1 aliphatic carbocycles. The molecule has 1 saturated carbocycles. The number of hydrogen-bond acceptors (Lipinski definition) is 2. The lowest BCUT2D eigenvalue weighted by molar-refractivity contribution is 0.425. The standard InChI is InChI=1S/C16H22ClN3/c1-16(2,3)18-9-8-15-19-13-10-11(17)4-7-14(13)20(15)12-5-6-12/h4,7,10,12,18H,5-6,8-9H2,1-3H3. The summed E-state index contributed by atoms with van der Waals surface area (Å²) in [6, 6.07) is 6.67. The number of nitrogens with one attached hydrogen (secondary N) is 1. The Morgan fingerprint density at radius 1 is 1.35 bits per heavy atom. The molecule has 1 aliphatic rings. The summed E-state index contributed by atoms with van der Waals surface area (Å²) in [5.41, 5.74) is 2.40. The molecular weight excluding hydrogens is 270 g/mol. The van der Waals surface area contributed by atoms with Crippen LogP contribution in [0.25, 0.3) is 11.0 Å². The third-order valence-corrected chi connectivity index (χ3v) is 3.88. The summed E-state index contributed by atoms with van der Waals surface area (Å²) in [4.78, 5) is 4.79. The highest BCUT2D eigenvalue weighted by Gasteiger charge is 2.28. The summed E-state index contributed by atoms with van der Waals surface area (Å²) >= 11 is 6.08. The second-order valence-electron chi connectivity index (χ2n) is 6.69. The summed E-state index contributed by atoms with van der Waals surface area (Å²) < 4.78 is 2.41. The molecule has 1 aromatic heterocycles. The lowest BCUT2D eigenvalue weighted by atomic mass is 10.1. The quantitative estimate of drug-likeness (QED) is 0.924. The van der Waals surface area contributed by atoms with Gasteiger partial charge in [0.15, 0.2) is 0 Å². The van der Waals surface area contributed by atoms with E-state index in [0.717, 1.165) is 23.5 Å². The van der Waals surface area contributed by atoms with Crippen molar-refractivity contribution in [1.82, 2.24) is 14.9 Å². The molecule has 0 atom stereocenters. The van der Waals surface area contributed by atoms with Gasteiger partial charge in [0, 0.05) is 29.6 Å². The first kappa shape index (κ1) is 13.9. The fourth-order valence-electron chi connectivity index (χ4n) is 2.59. The minimum Gasteiger partial charge on any atom is -0.325 e. The highest BCUT2D eigenvalue weighted by atomic mass is 35.5. The van der Waals surface area contributed by atoms with Crippen LogP contribution in [0.15, 0.2) is 18.2 Å². The topological polar surface area (TPSA) is 29.9 Å². The van der Waals surface area contributed by atoms with Gasteiger partial charge >= 0.3 is 0 Å². The molecule has 1 heterocycles. The van der Waals surface area contributed by atoms with Crippen molar-refractivity contribution in [3.8, 4) is 0 Å². The molecule has 0 spiro atoms. The van der Waals surface area contributed by atoms with Crippen molar-refractivity contribution in [2.45, 2.75) is 51.6 Å². The number of hydrogen-bond donors (Lipinski definition) is 1. The van der Waals surface area contributed by atoms with Gasteiger partial charge in [0.25, 0.3) is 0 Å². The Balaban J connectivity index is 1.87. The predicted molar refractivity (Wildman–Crippen MR) is 84.5 cm³/mol. The van der Waals surface area contributed by atoms with Crippen LogP contribution in [0, 0.1) is 0 Å². The van der Waals surface area contributed by atoms with Crippen LogP contribution in [0.2, 0.25) is 5.02 Å². The first-order chi connectivity index (χ1) is 9.44. The van der Waals surface area contributed by atoms with Crippen molar-refractivity contribution in [2.24, 2.45) is 0 Å². The maximum Gasteiger partial charge on any atom is 0.111 e. The van der Waals surface area contributed by atoms with E-state index in [0.29, 0.717) is 6.04 Å². The van der Waals surface area contributed by atoms with Gasteiger partial charge in [-0.2, -0.15) is 0 Å². The summed E-state index contributed by atoms with van der Waals surface area (Å²) in [6.07, 6.45) is 3.50. The van der Waals surface area contributed by atoms with Crippen molar-refractivity contribution < 1.29 is 0 Å². The maximum atomic E-state index is 6.08. The Hall–Kier alpha value is -1.06. The van der Waals surface area contributed by atoms with Crippen LogP contribution >= 0.6 is 11.6 Å². The second-order valence-corrected chi connectivity index (χ2v) is 7.13. The monoisotopic (exact) mass is 291 g/mol. The molecule has 0 unspecified atom stereocenters. The van der Waals surface area contributed by atoms with Gasteiger partial charge < -0.3 is 9.88 Å². The zero-order chi connectivity index (χ0) is 14.3. The van der Waals surface area contributed by atoms with Gasteiger partial charge in [0.05, 0.1) is 11.0 Å². The van der Waals surface area contributed by atoms with E-state index in [-0.39, 0.29) is 5.54 Å². The van der Waals surface area contributed by atoms with Gasteiger partial charge in [-0.05, 0) is 51.8 Å². The van der Waals surface area contributed by atoms with Crippen molar-refractivity contribution in [1.29, 1.82) is 0 Å². The van der Waals surface area contributed by atoms with Gasteiger partial charge in [0.1, 0.15) is 5.82 Å². The number of fused-ring (bicyclic) bond motifs is 1. The van der Waals surface area contributed by atoms with Crippen molar-refractivity contribution in [3.63, 3.8) is 0 Å². The van der Waals surface area contributed by atoms with Crippen LogP contribution in [-0.2, 0) is 6.42 Å². The first-order valence-electron chi connectivity index (χ1n) is 7.35. The van der Waals surface area contributed by atoms with Crippen LogP contribution in [-0.4, -0.2) is 21.6 Å². The SMILES string of the molecule is CC(C)(C)NCCc1nc2cc(Cl)ccc2n1C1CC1. The second kappa shape index (κ2) is 5.05. The van der Waals surface area contributed by atoms with Gasteiger partial charge in [-0.15, -0.1) is 0 Å². The number of halogens is 1. The molecule has 1 N–H and O–H groups in total. The highest BCUT2D eigenvalue weighted by Crippen LogP contribution is 2.39. The van der Waals surface area contributed by atoms with Crippen molar-refractivity contribution >= 4 is 22.6 Å². The number of nitrogens with zero attached hydrogens (tertiary/aromatic N) is 2. The smallest absolute Gasteiger partial charge is 0.111 e. The molecule has 1 fully saturated rings. The van der Waals surface area contributed by atoms with Gasteiger partial charge in [-0.25, -0.2) is 4.98 Å². The van der Waals surface area contributed by atoms with Gasteiger partial charge in [0.2, 0.25) is 0 Å². The molecule has 0 saturated heterocycles. The van der Waals surface area contributed by atoms with Crippen LogP contribution < -0.4 is 5.32 Å². The predicted octanol–water partition coefficient (Wildman–Crippen LogP) is 3.96. The molecule has 1 aromatic carbocycles. The average molecular weight is 292 g/mol. The van der Waals surface area contributed by atoms with Crippen LogP contribution in [0.5, 0.6) is 0 Å². The zero-order valence-electron chi connectivity index (χ0n) is 12.4. The summed E-state index contributed by atoms with van der Waals surface area (Å²) in [5, 5.41) is 4.29. The fraction of sp³-hybridized carbons (Fsp3) is 0.562. The highest BCUT2D eigenvalue weighted by molar-refractivity contribution is 6.31. The van der Waals surface area contributed by atoms with E-state index < -0.39 is 0 Å². The van der Waals surface area contributed by atoms with E-state index in [1.807, 2.05) is 12.1 Å². The van der Waals surface area contributed by atoms with Crippen molar-refractivity contribution in [3.05, 3.63) is 29.0 Å². The van der Waals surface area contributed by atoms with Crippen LogP contribution in [0.3, 0.4) is 0 Å². The number of rotatable bonds is 4. The minimum absolute atomic E-state index is 0.153. The largest absolute Gasteiger partial charge is 0.325 e. The Morgan fingerprint density at radius 2 is 2.10 bits per heavy atom. The maximum absolute atomic E-state index is 6.08. The molecule has 20 heavy (non-hydrogen) atoms. The first-order valence-corrected chi connectivity index (χ1v) is 7.73. The summed E-state index contributed by atoms with van der Waals surface area (Å²) in [7, 11) is 0. The van der Waals surface area contributed by atoms with E-state index in [1.165, 1.54) is 24.2 Å². The molecule has 4 heteroatoms. The molecule has 3 rings (SSSR count). The molecular formula is C16H22ClN3. The van der Waals surface area contributed by atoms with Gasteiger partial charge in [-0.3, -0.25) is 0 Å². The van der Waals surface area contributed by atoms with Crippen molar-refractivity contribution in [2.75, 3.05) is 6.54 Å². The van der Waals surface area contributed by atoms with Crippen LogP contribution in [0.1, 0.15) is 45.5 Å². The van der Waals surface area contributed by atoms with E-state index in [9.17, 15) is 0 Å². The average Bonchev–Trinajstić information content (AvgIpc) is 3.10. The Bertz CT molecular complexity index is 620. The van der Waals surface area contributed by atoms with Crippen LogP contribution in [0.4, 0.5) is 0 Å². The lowest BCUT2D eigenvalue weighted by Gasteiger charge is -2.20. The Labute approximate surface area is 125 Å². The van der Waals surface area contributed by atoms with E-state index >= 15 is 0 Å². The fourth-order valence-corrected chi connectivity index (χ4v) is 2.75. The number of imidazole rings is 1. The van der Waals surface area contributed by atoms with Gasteiger partial charge in [-0.1, -0.05) is 11.6 Å². The normalized spacial score (nSPS) is 16.0. The Kier molecular flexibility index (Phi) is 3.51. The molecule has 2 aromatic rings. The number of aromatic nitrogens is 2. The molecule has 0 amide bonds. The molecule has 3 nitrogen and oxygen atoms in total. The molecule has 0 bridgehead atoms. The Morgan fingerprint density at radius 3 is 2.75 bits per heavy atom. The third-order valence-electron chi connectivity index (χ3n) is 3.64. The molecule has 108 valence electrons. The zero-order valence-corrected chi connectivity index (χ0v) is 13.2. The summed E-state index contributed by atoms with van der Waals surface area (Å²) in [5.74, 6) is 1.18. The lowest BCUT2D eigenvalue weighted by Crippen LogP contribution is -2.37. The van der Waals surface area contributed by atoms with E-state index in [4.69, 9.17) is 16.6 Å². The van der Waals surface area contributed by atoms with E-state index in [1.54, 1.807) is 0 Å². The minimum atomic E-state index is 0.153. The summed E-state index contributed by atoms with van der Waals surface area (Å²) in [6.45, 7) is 7.52. The number of benzene rings is 1. The molecule has 0 radical (unpaired) electrons. The third kappa shape index (κ3) is 2.99.